The van der Waals surface area contributed by atoms with Crippen molar-refractivity contribution in [1.82, 2.24) is 0 Å². The number of allylic oxidation sites excluding steroid dienone is 1. The van der Waals surface area contributed by atoms with Gasteiger partial charge in [-0.1, -0.05) is 121 Å². The minimum atomic E-state index is 1.17. The van der Waals surface area contributed by atoms with E-state index in [0.29, 0.717) is 0 Å². The summed E-state index contributed by atoms with van der Waals surface area (Å²) in [5.41, 5.74) is 8.58. The maximum Gasteiger partial charge on any atom is -0.00263 e. The van der Waals surface area contributed by atoms with E-state index in [9.17, 15) is 0 Å². The second-order valence-corrected chi connectivity index (χ2v) is 9.45. The summed E-state index contributed by atoms with van der Waals surface area (Å²) < 4.78 is 0. The molecule has 0 aromatic heterocycles. The largest absolute Gasteiger partial charge is 0.0984 e. The van der Waals surface area contributed by atoms with E-state index in [1.165, 1.54) is 71.3 Å². The zero-order valence-electron chi connectivity index (χ0n) is 20.8. The predicted molar refractivity (Wildman–Crippen MR) is 159 cm³/mol. The van der Waals surface area contributed by atoms with Crippen molar-refractivity contribution in [2.24, 2.45) is 0 Å². The van der Waals surface area contributed by atoms with Gasteiger partial charge in [0.2, 0.25) is 0 Å². The predicted octanol–water partition coefficient (Wildman–Crippen LogP) is 10.5. The van der Waals surface area contributed by atoms with Gasteiger partial charge in [0, 0.05) is 0 Å². The lowest BCUT2D eigenvalue weighted by atomic mass is 9.82. The molecule has 0 aliphatic rings. The summed E-state index contributed by atoms with van der Waals surface area (Å²) in [5, 5.41) is 7.53. The van der Waals surface area contributed by atoms with Gasteiger partial charge in [-0.3, -0.25) is 0 Å². The van der Waals surface area contributed by atoms with Gasteiger partial charge in [0.25, 0.3) is 0 Å². The quantitative estimate of drug-likeness (QED) is 0.245. The van der Waals surface area contributed by atoms with Crippen molar-refractivity contribution in [2.45, 2.75) is 13.8 Å². The van der Waals surface area contributed by atoms with E-state index in [2.05, 4.69) is 136 Å². The SMILES string of the molecule is C=Cc1c(/C=C\C)c(-c2ccc3ccccc3c2)c2ccc(C)cc2c1-c1ccc2ccccc2c1. The van der Waals surface area contributed by atoms with Crippen molar-refractivity contribution in [2.75, 3.05) is 0 Å². The van der Waals surface area contributed by atoms with Crippen molar-refractivity contribution in [1.29, 1.82) is 0 Å². The number of fused-ring (bicyclic) bond motifs is 3. The van der Waals surface area contributed by atoms with Crippen molar-refractivity contribution in [3.05, 3.63) is 132 Å². The number of hydrogen-bond donors (Lipinski definition) is 0. The van der Waals surface area contributed by atoms with Crippen LogP contribution in [0.2, 0.25) is 0 Å². The molecule has 0 unspecified atom stereocenters. The molecular formula is C36H28. The Kier molecular flexibility index (Phi) is 5.51. The van der Waals surface area contributed by atoms with Crippen molar-refractivity contribution < 1.29 is 0 Å². The second-order valence-electron chi connectivity index (χ2n) is 9.45. The lowest BCUT2D eigenvalue weighted by molar-refractivity contribution is 1.50. The smallest absolute Gasteiger partial charge is 0.00263 e. The first kappa shape index (κ1) is 22.1. The lowest BCUT2D eigenvalue weighted by Crippen LogP contribution is -1.97. The summed E-state index contributed by atoms with van der Waals surface area (Å²) in [7, 11) is 0. The van der Waals surface area contributed by atoms with Crippen LogP contribution in [0.4, 0.5) is 0 Å². The minimum Gasteiger partial charge on any atom is -0.0984 e. The van der Waals surface area contributed by atoms with E-state index in [0.717, 1.165) is 0 Å². The molecule has 0 aliphatic carbocycles. The third kappa shape index (κ3) is 3.63. The molecular weight excluding hydrogens is 432 g/mol. The molecule has 6 aromatic rings. The fourth-order valence-electron chi connectivity index (χ4n) is 5.51. The molecule has 0 nitrogen and oxygen atoms in total. The topological polar surface area (TPSA) is 0 Å². The molecule has 0 saturated carbocycles. The highest BCUT2D eigenvalue weighted by Crippen LogP contribution is 2.44. The number of benzene rings is 6. The standard InChI is InChI=1S/C36H28/c1-4-10-32-31(5-2)35(29-18-16-25-11-6-8-13-27(25)22-29)34-21-24(3)15-20-33(34)36(32)30-19-17-26-12-7-9-14-28(26)23-30/h4-23H,2H2,1,3H3/b10-4-. The Morgan fingerprint density at radius 2 is 1.11 bits per heavy atom. The van der Waals surface area contributed by atoms with E-state index >= 15 is 0 Å². The number of rotatable bonds is 4. The van der Waals surface area contributed by atoms with Crippen LogP contribution in [-0.2, 0) is 0 Å². The number of aryl methyl sites for hydroxylation is 1. The van der Waals surface area contributed by atoms with Crippen LogP contribution in [0.5, 0.6) is 0 Å². The Labute approximate surface area is 212 Å². The van der Waals surface area contributed by atoms with Gasteiger partial charge in [-0.25, -0.2) is 0 Å². The number of hydrogen-bond acceptors (Lipinski definition) is 0. The zero-order chi connectivity index (χ0) is 24.6. The Bertz CT molecular complexity index is 1810. The van der Waals surface area contributed by atoms with Gasteiger partial charge >= 0.3 is 0 Å². The Morgan fingerprint density at radius 1 is 0.556 bits per heavy atom. The van der Waals surface area contributed by atoms with Crippen LogP contribution in [0, 0.1) is 6.92 Å². The van der Waals surface area contributed by atoms with Crippen LogP contribution in [0.25, 0.3) is 66.7 Å². The fourth-order valence-corrected chi connectivity index (χ4v) is 5.51. The summed E-state index contributed by atoms with van der Waals surface area (Å²) in [6.45, 7) is 8.57. The van der Waals surface area contributed by atoms with Gasteiger partial charge in [-0.2, -0.15) is 0 Å². The third-order valence-corrected chi connectivity index (χ3v) is 7.16. The summed E-state index contributed by atoms with van der Waals surface area (Å²) >= 11 is 0. The molecule has 0 atom stereocenters. The zero-order valence-corrected chi connectivity index (χ0v) is 20.8. The molecule has 172 valence electrons. The van der Waals surface area contributed by atoms with Gasteiger partial charge in [0.15, 0.2) is 0 Å². The van der Waals surface area contributed by atoms with Crippen LogP contribution >= 0.6 is 0 Å². The maximum atomic E-state index is 4.30. The van der Waals surface area contributed by atoms with Gasteiger partial charge < -0.3 is 0 Å². The van der Waals surface area contributed by atoms with E-state index in [-0.39, 0.29) is 0 Å². The normalized spacial score (nSPS) is 11.6. The van der Waals surface area contributed by atoms with Crippen molar-refractivity contribution >= 4 is 44.5 Å². The Morgan fingerprint density at radius 3 is 1.67 bits per heavy atom. The van der Waals surface area contributed by atoms with Crippen LogP contribution < -0.4 is 0 Å². The molecule has 6 rings (SSSR count). The molecule has 0 saturated heterocycles. The van der Waals surface area contributed by atoms with Gasteiger partial charge in [0.05, 0.1) is 0 Å². The van der Waals surface area contributed by atoms with E-state index in [1.807, 2.05) is 6.08 Å². The Hall–Kier alpha value is -4.42. The van der Waals surface area contributed by atoms with Gasteiger partial charge in [-0.15, -0.1) is 0 Å². The van der Waals surface area contributed by atoms with E-state index < -0.39 is 0 Å². The van der Waals surface area contributed by atoms with Crippen molar-refractivity contribution in [3.8, 4) is 22.3 Å². The van der Waals surface area contributed by atoms with Gasteiger partial charge in [-0.05, 0) is 91.7 Å². The molecule has 0 fully saturated rings. The van der Waals surface area contributed by atoms with E-state index in [1.54, 1.807) is 0 Å². The van der Waals surface area contributed by atoms with E-state index in [4.69, 9.17) is 0 Å². The molecule has 0 bridgehead atoms. The van der Waals surface area contributed by atoms with Gasteiger partial charge in [0.1, 0.15) is 0 Å². The van der Waals surface area contributed by atoms with Crippen LogP contribution in [-0.4, -0.2) is 0 Å². The highest BCUT2D eigenvalue weighted by Gasteiger charge is 2.19. The van der Waals surface area contributed by atoms with Crippen molar-refractivity contribution in [3.63, 3.8) is 0 Å². The lowest BCUT2D eigenvalue weighted by Gasteiger charge is -2.21. The molecule has 0 spiro atoms. The average molecular weight is 461 g/mol. The first-order chi connectivity index (χ1) is 17.7. The fraction of sp³-hybridized carbons (Fsp3) is 0.0556. The summed E-state index contributed by atoms with van der Waals surface area (Å²) in [6.07, 6.45) is 6.41. The highest BCUT2D eigenvalue weighted by atomic mass is 14.2. The molecule has 0 N–H and O–H groups in total. The third-order valence-electron chi connectivity index (χ3n) is 7.16. The monoisotopic (exact) mass is 460 g/mol. The summed E-state index contributed by atoms with van der Waals surface area (Å²) in [5.74, 6) is 0. The first-order valence-electron chi connectivity index (χ1n) is 12.5. The van der Waals surface area contributed by atoms with Crippen LogP contribution in [0.1, 0.15) is 23.6 Å². The first-order valence-corrected chi connectivity index (χ1v) is 12.5. The molecule has 0 amide bonds. The summed E-state index contributed by atoms with van der Waals surface area (Å²) in [4.78, 5) is 0. The molecule has 0 radical (unpaired) electrons. The molecule has 36 heavy (non-hydrogen) atoms. The molecule has 6 aromatic carbocycles. The minimum absolute atomic E-state index is 1.17. The average Bonchev–Trinajstić information content (AvgIpc) is 2.92. The maximum absolute atomic E-state index is 4.30. The van der Waals surface area contributed by atoms with Crippen LogP contribution in [0.15, 0.2) is 116 Å². The molecule has 0 heteroatoms. The molecule has 0 aliphatic heterocycles. The highest BCUT2D eigenvalue weighted by molar-refractivity contribution is 6.13. The Balaban J connectivity index is 1.76. The summed E-state index contributed by atoms with van der Waals surface area (Å²) in [6, 6.07) is 37.6. The molecule has 0 heterocycles. The second kappa shape index (κ2) is 8.98. The van der Waals surface area contributed by atoms with Crippen LogP contribution in [0.3, 0.4) is 0 Å².